The monoisotopic (exact) mass is 394 g/mol. The van der Waals surface area contributed by atoms with Gasteiger partial charge in [0.25, 0.3) is 10.0 Å². The van der Waals surface area contributed by atoms with Gasteiger partial charge in [-0.3, -0.25) is 4.79 Å². The highest BCUT2D eigenvalue weighted by Gasteiger charge is 2.29. The molecule has 0 aliphatic carbocycles. The fraction of sp³-hybridized carbons (Fsp3) is 0.389. The van der Waals surface area contributed by atoms with Crippen molar-refractivity contribution in [3.05, 3.63) is 52.9 Å². The first-order chi connectivity index (χ1) is 12.4. The number of carboxylic acids is 1. The molecule has 0 saturated carbocycles. The fourth-order valence-corrected chi connectivity index (χ4v) is 5.92. The Balaban J connectivity index is 1.55. The molecule has 1 saturated heterocycles. The van der Waals surface area contributed by atoms with Crippen molar-refractivity contribution in [2.24, 2.45) is 0 Å². The molecular weight excluding hydrogens is 372 g/mol. The Morgan fingerprint density at radius 1 is 1.04 bits per heavy atom. The van der Waals surface area contributed by atoms with Gasteiger partial charge < -0.3 is 10.0 Å². The van der Waals surface area contributed by atoms with Crippen LogP contribution in [0.2, 0.25) is 0 Å². The molecule has 0 amide bonds. The van der Waals surface area contributed by atoms with E-state index >= 15 is 0 Å². The number of rotatable bonds is 7. The van der Waals surface area contributed by atoms with E-state index in [1.54, 1.807) is 6.07 Å². The molecule has 2 aromatic rings. The van der Waals surface area contributed by atoms with Crippen molar-refractivity contribution in [3.63, 3.8) is 0 Å². The summed E-state index contributed by atoms with van der Waals surface area (Å²) in [5, 5.41) is 8.83. The second-order valence-corrected chi connectivity index (χ2v) is 9.61. The highest BCUT2D eigenvalue weighted by molar-refractivity contribution is 7.91. The number of carbonyl (C=O) groups is 1. The summed E-state index contributed by atoms with van der Waals surface area (Å²) in [6, 6.07) is 13.4. The molecule has 1 N–H and O–H groups in total. The van der Waals surface area contributed by atoms with Crippen LogP contribution in [0.4, 0.5) is 0 Å². The zero-order valence-electron chi connectivity index (χ0n) is 14.4. The largest absolute Gasteiger partial charge is 0.481 e. The first-order valence-corrected chi connectivity index (χ1v) is 10.8. The number of aliphatic carboxylic acids is 1. The van der Waals surface area contributed by atoms with Crippen LogP contribution in [0, 0.1) is 0 Å². The van der Waals surface area contributed by atoms with Crippen molar-refractivity contribution in [2.75, 3.05) is 32.7 Å². The van der Waals surface area contributed by atoms with E-state index in [-0.39, 0.29) is 10.6 Å². The third kappa shape index (κ3) is 4.70. The third-order valence-electron chi connectivity index (χ3n) is 4.45. The minimum absolute atomic E-state index is 0.145. The van der Waals surface area contributed by atoms with Crippen LogP contribution in [0.25, 0.3) is 0 Å². The van der Waals surface area contributed by atoms with E-state index in [4.69, 9.17) is 5.11 Å². The topological polar surface area (TPSA) is 77.9 Å². The number of thiophene rings is 1. The van der Waals surface area contributed by atoms with Crippen molar-refractivity contribution >= 4 is 27.3 Å². The maximum absolute atomic E-state index is 12.7. The molecular formula is C18H22N2O4S2. The average Bonchev–Trinajstić information content (AvgIpc) is 3.10. The van der Waals surface area contributed by atoms with E-state index in [9.17, 15) is 13.2 Å². The molecule has 3 rings (SSSR count). The van der Waals surface area contributed by atoms with E-state index in [1.807, 2.05) is 18.2 Å². The minimum atomic E-state index is -3.54. The minimum Gasteiger partial charge on any atom is -0.481 e. The molecule has 2 heterocycles. The number of nitrogens with zero attached hydrogens (tertiary/aromatic N) is 2. The van der Waals surface area contributed by atoms with Crippen LogP contribution in [-0.4, -0.2) is 61.4 Å². The predicted molar refractivity (Wildman–Crippen MR) is 101 cm³/mol. The number of hydrogen-bond donors (Lipinski definition) is 1. The van der Waals surface area contributed by atoms with Gasteiger partial charge in [0.05, 0.1) is 6.42 Å². The Bertz CT molecular complexity index is 841. The number of carboxylic acid groups (broad SMARTS) is 1. The first kappa shape index (κ1) is 19.0. The van der Waals surface area contributed by atoms with E-state index in [0.29, 0.717) is 31.1 Å². The average molecular weight is 395 g/mol. The van der Waals surface area contributed by atoms with Gasteiger partial charge in [0, 0.05) is 37.6 Å². The zero-order valence-corrected chi connectivity index (χ0v) is 16.0. The SMILES string of the molecule is O=C(O)Cc1ccc(S(=O)(=O)N2CCN(CCc3ccccc3)CC2)s1. The van der Waals surface area contributed by atoms with Gasteiger partial charge in [-0.25, -0.2) is 8.42 Å². The lowest BCUT2D eigenvalue weighted by Crippen LogP contribution is -2.48. The van der Waals surface area contributed by atoms with Gasteiger partial charge in [0.1, 0.15) is 4.21 Å². The van der Waals surface area contributed by atoms with Gasteiger partial charge in [-0.1, -0.05) is 30.3 Å². The molecule has 1 aromatic heterocycles. The Morgan fingerprint density at radius 3 is 2.38 bits per heavy atom. The highest BCUT2D eigenvalue weighted by Crippen LogP contribution is 2.26. The Morgan fingerprint density at radius 2 is 1.73 bits per heavy atom. The summed E-state index contributed by atoms with van der Waals surface area (Å²) in [4.78, 5) is 13.6. The summed E-state index contributed by atoms with van der Waals surface area (Å²) in [5.41, 5.74) is 1.28. The summed E-state index contributed by atoms with van der Waals surface area (Å²) < 4.78 is 27.2. The molecule has 1 aliphatic rings. The van der Waals surface area contributed by atoms with Crippen LogP contribution in [-0.2, 0) is 27.7 Å². The van der Waals surface area contributed by atoms with E-state index in [1.165, 1.54) is 15.9 Å². The van der Waals surface area contributed by atoms with Crippen molar-refractivity contribution < 1.29 is 18.3 Å². The summed E-state index contributed by atoms with van der Waals surface area (Å²) in [5.74, 6) is -0.956. The lowest BCUT2D eigenvalue weighted by molar-refractivity contribution is -0.136. The fourth-order valence-electron chi connectivity index (χ4n) is 2.99. The maximum Gasteiger partial charge on any atom is 0.308 e. The molecule has 140 valence electrons. The lowest BCUT2D eigenvalue weighted by atomic mass is 10.1. The Labute approximate surface area is 157 Å². The number of benzene rings is 1. The molecule has 26 heavy (non-hydrogen) atoms. The smallest absolute Gasteiger partial charge is 0.308 e. The van der Waals surface area contributed by atoms with Crippen molar-refractivity contribution in [1.29, 1.82) is 0 Å². The highest BCUT2D eigenvalue weighted by atomic mass is 32.2. The van der Waals surface area contributed by atoms with Gasteiger partial charge in [0.15, 0.2) is 0 Å². The van der Waals surface area contributed by atoms with Crippen LogP contribution >= 0.6 is 11.3 Å². The molecule has 1 fully saturated rings. The summed E-state index contributed by atoms with van der Waals surface area (Å²) in [6.07, 6.45) is 0.810. The zero-order chi connectivity index (χ0) is 18.6. The second kappa shape index (κ2) is 8.30. The quantitative estimate of drug-likeness (QED) is 0.776. The number of sulfonamides is 1. The Kier molecular flexibility index (Phi) is 6.08. The normalized spacial score (nSPS) is 16.6. The molecule has 8 heteroatoms. The van der Waals surface area contributed by atoms with Crippen molar-refractivity contribution in [1.82, 2.24) is 9.21 Å². The first-order valence-electron chi connectivity index (χ1n) is 8.52. The van der Waals surface area contributed by atoms with Crippen LogP contribution in [0.15, 0.2) is 46.7 Å². The van der Waals surface area contributed by atoms with Gasteiger partial charge in [-0.05, 0) is 24.1 Å². The van der Waals surface area contributed by atoms with E-state index < -0.39 is 16.0 Å². The summed E-state index contributed by atoms with van der Waals surface area (Å²) in [7, 11) is -3.54. The van der Waals surface area contributed by atoms with Crippen molar-refractivity contribution in [2.45, 2.75) is 17.1 Å². The van der Waals surface area contributed by atoms with Crippen LogP contribution in [0.3, 0.4) is 0 Å². The van der Waals surface area contributed by atoms with E-state index in [2.05, 4.69) is 17.0 Å². The van der Waals surface area contributed by atoms with Crippen molar-refractivity contribution in [3.8, 4) is 0 Å². The summed E-state index contributed by atoms with van der Waals surface area (Å²) in [6.45, 7) is 3.26. The molecule has 0 unspecified atom stereocenters. The maximum atomic E-state index is 12.7. The van der Waals surface area contributed by atoms with Gasteiger partial charge >= 0.3 is 5.97 Å². The van der Waals surface area contributed by atoms with E-state index in [0.717, 1.165) is 24.3 Å². The summed E-state index contributed by atoms with van der Waals surface area (Å²) >= 11 is 1.05. The molecule has 0 radical (unpaired) electrons. The van der Waals surface area contributed by atoms with Crippen LogP contribution in [0.5, 0.6) is 0 Å². The second-order valence-electron chi connectivity index (χ2n) is 6.27. The van der Waals surface area contributed by atoms with Crippen LogP contribution < -0.4 is 0 Å². The molecule has 1 aliphatic heterocycles. The molecule has 1 aromatic carbocycles. The molecule has 0 spiro atoms. The molecule has 0 atom stereocenters. The number of piperazine rings is 1. The molecule has 6 nitrogen and oxygen atoms in total. The van der Waals surface area contributed by atoms with Gasteiger partial charge in [-0.2, -0.15) is 4.31 Å². The predicted octanol–water partition coefficient (Wildman–Crippen LogP) is 1.92. The van der Waals surface area contributed by atoms with Gasteiger partial charge in [0.2, 0.25) is 0 Å². The van der Waals surface area contributed by atoms with Crippen LogP contribution in [0.1, 0.15) is 10.4 Å². The Hall–Kier alpha value is -1.74. The standard InChI is InChI=1S/C18H22N2O4S2/c21-17(22)14-16-6-7-18(25-16)26(23,24)20-12-10-19(11-13-20)9-8-15-4-2-1-3-5-15/h1-7H,8-14H2,(H,21,22). The molecule has 0 bridgehead atoms. The van der Waals surface area contributed by atoms with Gasteiger partial charge in [-0.15, -0.1) is 11.3 Å². The lowest BCUT2D eigenvalue weighted by Gasteiger charge is -2.33. The number of hydrogen-bond acceptors (Lipinski definition) is 5. The third-order valence-corrected chi connectivity index (χ3v) is 7.90.